The fraction of sp³-hybridized carbons (Fsp3) is 0.250. The predicted octanol–water partition coefficient (Wildman–Crippen LogP) is 2.60. The van der Waals surface area contributed by atoms with Crippen molar-refractivity contribution in [2.24, 2.45) is 0 Å². The van der Waals surface area contributed by atoms with Gasteiger partial charge in [-0.25, -0.2) is 0 Å². The van der Waals surface area contributed by atoms with Crippen molar-refractivity contribution in [3.05, 3.63) is 36.4 Å². The van der Waals surface area contributed by atoms with Crippen molar-refractivity contribution in [2.75, 3.05) is 6.61 Å². The molecule has 15 heavy (non-hydrogen) atoms. The zero-order valence-corrected chi connectivity index (χ0v) is 9.06. The Morgan fingerprint density at radius 1 is 1.53 bits per heavy atom. The summed E-state index contributed by atoms with van der Waals surface area (Å²) in [5, 5.41) is 9.04. The first-order valence-corrected chi connectivity index (χ1v) is 4.65. The molecule has 3 heteroatoms. The van der Waals surface area contributed by atoms with E-state index in [0.29, 0.717) is 6.61 Å². The Bertz CT molecular complexity index is 318. The third-order valence-electron chi connectivity index (χ3n) is 1.50. The van der Waals surface area contributed by atoms with Gasteiger partial charge in [0, 0.05) is 12.5 Å². The number of carbonyl (C=O) groups is 1. The molecule has 0 bridgehead atoms. The van der Waals surface area contributed by atoms with E-state index in [1.165, 1.54) is 6.92 Å². The number of rotatable bonds is 2. The molecular weight excluding hydrogens is 192 g/mol. The molecule has 0 aromatic heterocycles. The van der Waals surface area contributed by atoms with Crippen molar-refractivity contribution < 1.29 is 14.6 Å². The Kier molecular flexibility index (Phi) is 6.72. The van der Waals surface area contributed by atoms with Crippen LogP contribution >= 0.6 is 0 Å². The van der Waals surface area contributed by atoms with Gasteiger partial charge in [0.2, 0.25) is 0 Å². The lowest BCUT2D eigenvalue weighted by molar-refractivity contribution is -0.140. The highest BCUT2D eigenvalue weighted by molar-refractivity contribution is 5.65. The third kappa shape index (κ3) is 6.32. The van der Waals surface area contributed by atoms with E-state index in [1.54, 1.807) is 25.1 Å². The fourth-order valence-corrected chi connectivity index (χ4v) is 0.863. The lowest BCUT2D eigenvalue weighted by Gasteiger charge is -1.93. The first-order chi connectivity index (χ1) is 7.11. The van der Waals surface area contributed by atoms with E-state index in [-0.39, 0.29) is 11.7 Å². The van der Waals surface area contributed by atoms with Crippen LogP contribution in [0.15, 0.2) is 30.8 Å². The number of aromatic hydroxyl groups is 1. The Labute approximate surface area is 90.0 Å². The van der Waals surface area contributed by atoms with Crippen LogP contribution in [0.2, 0.25) is 0 Å². The zero-order chi connectivity index (χ0) is 11.7. The SMILES string of the molecule is C=Cc1ccccc1O.CCOC(C)=O. The first-order valence-electron chi connectivity index (χ1n) is 4.65. The zero-order valence-electron chi connectivity index (χ0n) is 9.06. The largest absolute Gasteiger partial charge is 0.507 e. The molecule has 0 spiro atoms. The van der Waals surface area contributed by atoms with Crippen molar-refractivity contribution in [1.29, 1.82) is 0 Å². The Hall–Kier alpha value is -1.77. The van der Waals surface area contributed by atoms with Crippen LogP contribution in [0.5, 0.6) is 5.75 Å². The molecule has 0 aliphatic carbocycles. The van der Waals surface area contributed by atoms with Gasteiger partial charge in [0.05, 0.1) is 6.61 Å². The summed E-state index contributed by atoms with van der Waals surface area (Å²) in [4.78, 5) is 9.82. The summed E-state index contributed by atoms with van der Waals surface area (Å²) in [6.45, 7) is 7.18. The van der Waals surface area contributed by atoms with Crippen LogP contribution in [-0.2, 0) is 9.53 Å². The summed E-state index contributed by atoms with van der Waals surface area (Å²) in [6, 6.07) is 7.08. The van der Waals surface area contributed by atoms with Gasteiger partial charge in [0.1, 0.15) is 5.75 Å². The molecule has 1 aromatic rings. The van der Waals surface area contributed by atoms with E-state index < -0.39 is 0 Å². The highest BCUT2D eigenvalue weighted by Gasteiger charge is 1.89. The molecule has 0 fully saturated rings. The van der Waals surface area contributed by atoms with Gasteiger partial charge in [-0.1, -0.05) is 30.9 Å². The van der Waals surface area contributed by atoms with Crippen LogP contribution < -0.4 is 0 Å². The van der Waals surface area contributed by atoms with E-state index in [2.05, 4.69) is 11.3 Å². The van der Waals surface area contributed by atoms with E-state index in [4.69, 9.17) is 5.11 Å². The molecule has 0 atom stereocenters. The summed E-state index contributed by atoms with van der Waals surface area (Å²) < 4.78 is 4.40. The van der Waals surface area contributed by atoms with Crippen molar-refractivity contribution >= 4 is 12.0 Å². The number of para-hydroxylation sites is 1. The Morgan fingerprint density at radius 3 is 2.40 bits per heavy atom. The number of carbonyl (C=O) groups excluding carboxylic acids is 1. The Morgan fingerprint density at radius 2 is 2.13 bits per heavy atom. The van der Waals surface area contributed by atoms with Crippen LogP contribution in [0, 0.1) is 0 Å². The number of esters is 1. The second-order valence-corrected chi connectivity index (χ2v) is 2.69. The molecular formula is C12H16O3. The third-order valence-corrected chi connectivity index (χ3v) is 1.50. The van der Waals surface area contributed by atoms with Crippen molar-refractivity contribution in [3.63, 3.8) is 0 Å². The normalized spacial score (nSPS) is 8.40. The van der Waals surface area contributed by atoms with Crippen molar-refractivity contribution in [2.45, 2.75) is 13.8 Å². The molecule has 0 saturated carbocycles. The van der Waals surface area contributed by atoms with Crippen LogP contribution in [0.25, 0.3) is 6.08 Å². The number of phenols is 1. The van der Waals surface area contributed by atoms with E-state index in [0.717, 1.165) is 5.56 Å². The van der Waals surface area contributed by atoms with E-state index in [9.17, 15) is 4.79 Å². The van der Waals surface area contributed by atoms with Gasteiger partial charge >= 0.3 is 5.97 Å². The molecule has 1 rings (SSSR count). The van der Waals surface area contributed by atoms with Gasteiger partial charge in [-0.3, -0.25) is 4.79 Å². The molecule has 0 heterocycles. The van der Waals surface area contributed by atoms with Crippen LogP contribution in [0.4, 0.5) is 0 Å². The lowest BCUT2D eigenvalue weighted by atomic mass is 10.2. The number of hydrogen-bond acceptors (Lipinski definition) is 3. The lowest BCUT2D eigenvalue weighted by Crippen LogP contribution is -1.95. The number of ether oxygens (including phenoxy) is 1. The quantitative estimate of drug-likeness (QED) is 0.760. The maximum atomic E-state index is 9.82. The standard InChI is InChI=1S/C8H8O.C4H8O2/c1-2-7-5-3-4-6-8(7)9;1-3-6-4(2)5/h2-6,9H,1H2;3H2,1-2H3. The number of benzene rings is 1. The highest BCUT2D eigenvalue weighted by atomic mass is 16.5. The minimum Gasteiger partial charge on any atom is -0.507 e. The van der Waals surface area contributed by atoms with Crippen molar-refractivity contribution in [3.8, 4) is 5.75 Å². The minimum absolute atomic E-state index is 0.211. The molecule has 0 amide bonds. The van der Waals surface area contributed by atoms with Gasteiger partial charge < -0.3 is 9.84 Å². The first kappa shape index (κ1) is 13.2. The minimum atomic E-state index is -0.211. The summed E-state index contributed by atoms with van der Waals surface area (Å²) >= 11 is 0. The van der Waals surface area contributed by atoms with E-state index in [1.807, 2.05) is 12.1 Å². The van der Waals surface area contributed by atoms with E-state index >= 15 is 0 Å². The van der Waals surface area contributed by atoms with Gasteiger partial charge in [0.15, 0.2) is 0 Å². The molecule has 82 valence electrons. The maximum absolute atomic E-state index is 9.82. The summed E-state index contributed by atoms with van der Waals surface area (Å²) in [6.07, 6.45) is 1.62. The molecule has 0 saturated heterocycles. The molecule has 0 aliphatic heterocycles. The summed E-state index contributed by atoms with van der Waals surface area (Å²) in [5.74, 6) is 0.0741. The molecule has 0 radical (unpaired) electrons. The van der Waals surface area contributed by atoms with Gasteiger partial charge in [0.25, 0.3) is 0 Å². The average molecular weight is 208 g/mol. The van der Waals surface area contributed by atoms with Crippen LogP contribution in [0.3, 0.4) is 0 Å². The monoisotopic (exact) mass is 208 g/mol. The summed E-state index contributed by atoms with van der Waals surface area (Å²) in [5.41, 5.74) is 0.775. The molecule has 0 aliphatic rings. The second kappa shape index (κ2) is 7.62. The van der Waals surface area contributed by atoms with Gasteiger partial charge in [-0.2, -0.15) is 0 Å². The topological polar surface area (TPSA) is 46.5 Å². The average Bonchev–Trinajstić information content (AvgIpc) is 2.19. The summed E-state index contributed by atoms with van der Waals surface area (Å²) in [7, 11) is 0. The number of phenolic OH excluding ortho intramolecular Hbond substituents is 1. The maximum Gasteiger partial charge on any atom is 0.302 e. The van der Waals surface area contributed by atoms with Gasteiger partial charge in [-0.15, -0.1) is 0 Å². The Balaban J connectivity index is 0.000000288. The molecule has 0 unspecified atom stereocenters. The van der Waals surface area contributed by atoms with Crippen molar-refractivity contribution in [1.82, 2.24) is 0 Å². The second-order valence-electron chi connectivity index (χ2n) is 2.69. The predicted molar refractivity (Wildman–Crippen MR) is 60.5 cm³/mol. The molecule has 1 N–H and O–H groups in total. The highest BCUT2D eigenvalue weighted by Crippen LogP contribution is 2.15. The molecule has 1 aromatic carbocycles. The molecule has 3 nitrogen and oxygen atoms in total. The van der Waals surface area contributed by atoms with Crippen LogP contribution in [0.1, 0.15) is 19.4 Å². The van der Waals surface area contributed by atoms with Crippen LogP contribution in [-0.4, -0.2) is 17.7 Å². The smallest absolute Gasteiger partial charge is 0.302 e. The number of hydrogen-bond donors (Lipinski definition) is 1. The fourth-order valence-electron chi connectivity index (χ4n) is 0.863. The van der Waals surface area contributed by atoms with Gasteiger partial charge in [-0.05, 0) is 13.0 Å².